The second-order valence-electron chi connectivity index (χ2n) is 11.8. The highest BCUT2D eigenvalue weighted by Gasteiger charge is 2.74. The molecule has 2 aromatic carbocycles. The van der Waals surface area contributed by atoms with Crippen LogP contribution < -0.4 is 10.6 Å². The first-order valence-electron chi connectivity index (χ1n) is 15.1. The SMILES string of the molecule is O=C(NCCN1CCOCC1)C1N([C@@H](CO)Cc2ccccc2)C(=O)[C@@H]2[C@H](C(=O)NCc3ccccc3)[C@@H]3CCC12S3. The Morgan fingerprint density at radius 1 is 1.00 bits per heavy atom. The number of nitrogens with one attached hydrogen (secondary N) is 2. The van der Waals surface area contributed by atoms with Crippen LogP contribution in [0, 0.1) is 11.8 Å². The molecule has 10 heteroatoms. The number of rotatable bonds is 11. The predicted molar refractivity (Wildman–Crippen MR) is 161 cm³/mol. The van der Waals surface area contributed by atoms with E-state index in [1.807, 2.05) is 60.7 Å². The van der Waals surface area contributed by atoms with Crippen LogP contribution in [0.1, 0.15) is 24.0 Å². The van der Waals surface area contributed by atoms with Crippen LogP contribution in [0.3, 0.4) is 0 Å². The molecule has 4 saturated heterocycles. The van der Waals surface area contributed by atoms with Crippen LogP contribution in [0.5, 0.6) is 0 Å². The Morgan fingerprint density at radius 3 is 2.38 bits per heavy atom. The van der Waals surface area contributed by atoms with Gasteiger partial charge in [0.2, 0.25) is 17.7 Å². The number of likely N-dealkylation sites (tertiary alicyclic amines) is 1. The van der Waals surface area contributed by atoms with Gasteiger partial charge in [0.25, 0.3) is 0 Å². The molecule has 2 aromatic rings. The number of carbonyl (C=O) groups is 3. The van der Waals surface area contributed by atoms with E-state index in [4.69, 9.17) is 4.74 Å². The van der Waals surface area contributed by atoms with Gasteiger partial charge in [-0.2, -0.15) is 0 Å². The lowest BCUT2D eigenvalue weighted by Crippen LogP contribution is -2.57. The predicted octanol–water partition coefficient (Wildman–Crippen LogP) is 1.45. The fourth-order valence-corrected chi connectivity index (χ4v) is 9.59. The maximum atomic E-state index is 14.4. The third kappa shape index (κ3) is 5.57. The van der Waals surface area contributed by atoms with Gasteiger partial charge in [0.15, 0.2) is 0 Å². The van der Waals surface area contributed by atoms with Gasteiger partial charge in [-0.1, -0.05) is 60.7 Å². The van der Waals surface area contributed by atoms with Crippen molar-refractivity contribution in [2.24, 2.45) is 11.8 Å². The van der Waals surface area contributed by atoms with Gasteiger partial charge in [-0.15, -0.1) is 11.8 Å². The van der Waals surface area contributed by atoms with Gasteiger partial charge in [-0.25, -0.2) is 0 Å². The van der Waals surface area contributed by atoms with Gasteiger partial charge in [-0.05, 0) is 30.4 Å². The minimum atomic E-state index is -0.748. The number of thioether (sulfide) groups is 1. The third-order valence-electron chi connectivity index (χ3n) is 9.35. The van der Waals surface area contributed by atoms with E-state index in [0.717, 1.165) is 30.6 Å². The first-order valence-corrected chi connectivity index (χ1v) is 15.9. The number of amides is 3. The number of aliphatic hydroxyl groups excluding tert-OH is 1. The molecule has 1 spiro atoms. The molecule has 224 valence electrons. The summed E-state index contributed by atoms with van der Waals surface area (Å²) >= 11 is 1.65. The van der Waals surface area contributed by atoms with Crippen molar-refractivity contribution in [3.05, 3.63) is 71.8 Å². The number of ether oxygens (including phenoxy) is 1. The van der Waals surface area contributed by atoms with Crippen molar-refractivity contribution in [3.63, 3.8) is 0 Å². The molecular weight excluding hydrogens is 552 g/mol. The van der Waals surface area contributed by atoms with Gasteiger partial charge in [0, 0.05) is 38.0 Å². The van der Waals surface area contributed by atoms with Crippen molar-refractivity contribution in [1.82, 2.24) is 20.4 Å². The highest BCUT2D eigenvalue weighted by Crippen LogP contribution is 2.66. The fraction of sp³-hybridized carbons (Fsp3) is 0.531. The topological polar surface area (TPSA) is 111 Å². The molecule has 42 heavy (non-hydrogen) atoms. The zero-order valence-corrected chi connectivity index (χ0v) is 24.6. The Balaban J connectivity index is 1.25. The van der Waals surface area contributed by atoms with E-state index in [1.165, 1.54) is 0 Å². The molecular formula is C32H40N4O5S. The van der Waals surface area contributed by atoms with Crippen molar-refractivity contribution in [2.45, 2.75) is 47.9 Å². The van der Waals surface area contributed by atoms with Crippen LogP contribution in [0.4, 0.5) is 0 Å². The molecule has 3 N–H and O–H groups in total. The summed E-state index contributed by atoms with van der Waals surface area (Å²) in [6.07, 6.45) is 1.91. The minimum absolute atomic E-state index is 0.0118. The van der Waals surface area contributed by atoms with Crippen molar-refractivity contribution in [3.8, 4) is 0 Å². The first-order chi connectivity index (χ1) is 20.5. The summed E-state index contributed by atoms with van der Waals surface area (Å²) in [6, 6.07) is 18.2. The number of carbonyl (C=O) groups excluding carboxylic acids is 3. The lowest BCUT2D eigenvalue weighted by molar-refractivity contribution is -0.142. The molecule has 4 fully saturated rings. The van der Waals surface area contributed by atoms with E-state index in [-0.39, 0.29) is 29.6 Å². The number of fused-ring (bicyclic) bond motifs is 1. The third-order valence-corrected chi connectivity index (χ3v) is 11.3. The highest BCUT2D eigenvalue weighted by molar-refractivity contribution is 8.02. The lowest BCUT2D eigenvalue weighted by Gasteiger charge is -2.37. The smallest absolute Gasteiger partial charge is 0.244 e. The Kier molecular flexibility index (Phi) is 8.85. The molecule has 4 aliphatic heterocycles. The summed E-state index contributed by atoms with van der Waals surface area (Å²) in [5, 5.41) is 16.8. The van der Waals surface area contributed by atoms with E-state index in [0.29, 0.717) is 45.7 Å². The molecule has 0 radical (unpaired) electrons. The number of morpholine rings is 1. The average molecular weight is 593 g/mol. The molecule has 2 bridgehead atoms. The molecule has 0 aromatic heterocycles. The second kappa shape index (κ2) is 12.8. The Bertz CT molecular complexity index is 1260. The van der Waals surface area contributed by atoms with Crippen LogP contribution in [0.2, 0.25) is 0 Å². The fourth-order valence-electron chi connectivity index (χ4n) is 7.38. The monoisotopic (exact) mass is 592 g/mol. The lowest BCUT2D eigenvalue weighted by atomic mass is 9.70. The maximum Gasteiger partial charge on any atom is 0.244 e. The molecule has 0 aliphatic carbocycles. The van der Waals surface area contributed by atoms with Crippen molar-refractivity contribution < 1.29 is 24.2 Å². The molecule has 3 amide bonds. The molecule has 6 rings (SSSR count). The Labute approximate surface area is 251 Å². The van der Waals surface area contributed by atoms with Gasteiger partial charge in [0.05, 0.1) is 42.4 Å². The number of hydrogen-bond acceptors (Lipinski definition) is 7. The molecule has 4 heterocycles. The van der Waals surface area contributed by atoms with Crippen LogP contribution >= 0.6 is 11.8 Å². The number of nitrogens with zero attached hydrogens (tertiary/aromatic N) is 2. The van der Waals surface area contributed by atoms with Crippen molar-refractivity contribution in [2.75, 3.05) is 46.0 Å². The quantitative estimate of drug-likeness (QED) is 0.362. The summed E-state index contributed by atoms with van der Waals surface area (Å²) in [7, 11) is 0. The summed E-state index contributed by atoms with van der Waals surface area (Å²) in [5.41, 5.74) is 1.98. The number of benzene rings is 2. The number of hydrogen-bond donors (Lipinski definition) is 3. The average Bonchev–Trinajstić information content (AvgIpc) is 3.67. The first kappa shape index (κ1) is 29.2. The summed E-state index contributed by atoms with van der Waals surface area (Å²) < 4.78 is 4.75. The molecule has 0 saturated carbocycles. The standard InChI is InChI=1S/C32H40N4O5S/c37-21-24(19-22-7-3-1-4-8-22)36-28(30(39)33-13-14-35-15-17-41-18-16-35)32-12-11-25(42-32)26(27(32)31(36)40)29(38)34-20-23-9-5-2-6-10-23/h1-10,24-28,37H,11-21H2,(H,33,39)(H,34,38)/t24-,25+,26-,27+,28?,32?/m1/s1. The van der Waals surface area contributed by atoms with E-state index >= 15 is 0 Å². The summed E-state index contributed by atoms with van der Waals surface area (Å²) in [5.74, 6) is -1.62. The summed E-state index contributed by atoms with van der Waals surface area (Å²) in [6.45, 7) is 4.34. The van der Waals surface area contributed by atoms with E-state index in [2.05, 4.69) is 15.5 Å². The van der Waals surface area contributed by atoms with Crippen molar-refractivity contribution in [1.29, 1.82) is 0 Å². The van der Waals surface area contributed by atoms with Gasteiger partial charge < -0.3 is 25.4 Å². The molecule has 4 aliphatic rings. The summed E-state index contributed by atoms with van der Waals surface area (Å²) in [4.78, 5) is 46.1. The van der Waals surface area contributed by atoms with Crippen LogP contribution in [0.25, 0.3) is 0 Å². The molecule has 9 nitrogen and oxygen atoms in total. The zero-order valence-electron chi connectivity index (χ0n) is 23.8. The number of aliphatic hydroxyl groups is 1. The van der Waals surface area contributed by atoms with E-state index < -0.39 is 28.7 Å². The van der Waals surface area contributed by atoms with Crippen LogP contribution in [0.15, 0.2) is 60.7 Å². The molecule has 2 unspecified atom stereocenters. The highest BCUT2D eigenvalue weighted by atomic mass is 32.2. The van der Waals surface area contributed by atoms with Gasteiger partial charge >= 0.3 is 0 Å². The normalized spacial score (nSPS) is 29.4. The molecule has 6 atom stereocenters. The van der Waals surface area contributed by atoms with Gasteiger partial charge in [-0.3, -0.25) is 19.3 Å². The Morgan fingerprint density at radius 2 is 1.69 bits per heavy atom. The van der Waals surface area contributed by atoms with Crippen LogP contribution in [-0.2, 0) is 32.1 Å². The zero-order chi connectivity index (χ0) is 29.1. The van der Waals surface area contributed by atoms with Gasteiger partial charge in [0.1, 0.15) is 6.04 Å². The maximum absolute atomic E-state index is 14.4. The van der Waals surface area contributed by atoms with Crippen LogP contribution in [-0.4, -0.2) is 101 Å². The largest absolute Gasteiger partial charge is 0.394 e. The minimum Gasteiger partial charge on any atom is -0.394 e. The van der Waals surface area contributed by atoms with E-state index in [9.17, 15) is 19.5 Å². The van der Waals surface area contributed by atoms with Crippen molar-refractivity contribution >= 4 is 29.5 Å². The van der Waals surface area contributed by atoms with E-state index in [1.54, 1.807) is 16.7 Å². The Hall–Kier alpha value is -2.92. The second-order valence-corrected chi connectivity index (χ2v) is 13.4.